The van der Waals surface area contributed by atoms with Gasteiger partial charge in [0.15, 0.2) is 0 Å². The molecule has 3 aromatic rings. The van der Waals surface area contributed by atoms with Gasteiger partial charge in [0.25, 0.3) is 0 Å². The predicted molar refractivity (Wildman–Crippen MR) is 114 cm³/mol. The average molecular weight is 394 g/mol. The van der Waals surface area contributed by atoms with Crippen molar-refractivity contribution in [1.82, 2.24) is 25.9 Å². The quantitative estimate of drug-likeness (QED) is 0.599. The van der Waals surface area contributed by atoms with Crippen LogP contribution >= 0.6 is 0 Å². The van der Waals surface area contributed by atoms with Gasteiger partial charge in [0, 0.05) is 48.4 Å². The topological polar surface area (TPSA) is 53.9 Å². The Kier molecular flexibility index (Phi) is 5.76. The van der Waals surface area contributed by atoms with Crippen LogP contribution < -0.4 is 16.2 Å². The number of hydrogen-bond donors (Lipinski definition) is 3. The summed E-state index contributed by atoms with van der Waals surface area (Å²) in [4.78, 5) is 0. The summed E-state index contributed by atoms with van der Waals surface area (Å²) in [5, 5.41) is 8.41. The molecule has 0 bridgehead atoms. The molecule has 1 fully saturated rings. The molecule has 3 N–H and O–H groups in total. The SMILES string of the molecule is Cc1ccc(-n2cc(CNCC3C(C)NNC3C)c(-c3ccc(F)cc3)n2)cc1. The van der Waals surface area contributed by atoms with Gasteiger partial charge in [-0.15, -0.1) is 0 Å². The number of benzene rings is 2. The highest BCUT2D eigenvalue weighted by molar-refractivity contribution is 5.63. The monoisotopic (exact) mass is 393 g/mol. The van der Waals surface area contributed by atoms with Gasteiger partial charge in [-0.05, 0) is 57.2 Å². The van der Waals surface area contributed by atoms with Crippen LogP contribution in [0.5, 0.6) is 0 Å². The van der Waals surface area contributed by atoms with Gasteiger partial charge in [-0.2, -0.15) is 5.10 Å². The molecule has 0 aliphatic carbocycles. The Hall–Kier alpha value is -2.54. The molecular weight excluding hydrogens is 365 g/mol. The van der Waals surface area contributed by atoms with E-state index < -0.39 is 0 Å². The Labute approximate surface area is 171 Å². The predicted octanol–water partition coefficient (Wildman–Crippen LogP) is 3.58. The molecule has 2 unspecified atom stereocenters. The highest BCUT2D eigenvalue weighted by atomic mass is 19.1. The number of aryl methyl sites for hydroxylation is 1. The van der Waals surface area contributed by atoms with Gasteiger partial charge in [0.2, 0.25) is 0 Å². The fraction of sp³-hybridized carbons (Fsp3) is 0.348. The third kappa shape index (κ3) is 4.40. The van der Waals surface area contributed by atoms with Crippen molar-refractivity contribution in [3.63, 3.8) is 0 Å². The van der Waals surface area contributed by atoms with E-state index in [2.05, 4.69) is 67.4 Å². The summed E-state index contributed by atoms with van der Waals surface area (Å²) in [6.07, 6.45) is 2.06. The van der Waals surface area contributed by atoms with Crippen LogP contribution in [0, 0.1) is 18.7 Å². The van der Waals surface area contributed by atoms with Gasteiger partial charge in [0.1, 0.15) is 5.82 Å². The first-order valence-electron chi connectivity index (χ1n) is 10.1. The Morgan fingerprint density at radius 3 is 2.31 bits per heavy atom. The average Bonchev–Trinajstić information content (AvgIpc) is 3.27. The molecule has 0 spiro atoms. The van der Waals surface area contributed by atoms with E-state index in [1.54, 1.807) is 12.1 Å². The highest BCUT2D eigenvalue weighted by Crippen LogP contribution is 2.24. The molecule has 5 nitrogen and oxygen atoms in total. The van der Waals surface area contributed by atoms with Gasteiger partial charge < -0.3 is 5.32 Å². The summed E-state index contributed by atoms with van der Waals surface area (Å²) in [5.74, 6) is 0.270. The van der Waals surface area contributed by atoms with Crippen LogP contribution in [0.4, 0.5) is 4.39 Å². The number of hydrogen-bond acceptors (Lipinski definition) is 4. The van der Waals surface area contributed by atoms with E-state index in [-0.39, 0.29) is 5.82 Å². The van der Waals surface area contributed by atoms with Crippen LogP contribution in [-0.2, 0) is 6.54 Å². The van der Waals surface area contributed by atoms with Crippen LogP contribution in [0.3, 0.4) is 0 Å². The van der Waals surface area contributed by atoms with Crippen molar-refractivity contribution in [2.24, 2.45) is 5.92 Å². The van der Waals surface area contributed by atoms with Crippen molar-refractivity contribution in [3.05, 3.63) is 71.7 Å². The van der Waals surface area contributed by atoms with E-state index in [0.717, 1.165) is 29.1 Å². The van der Waals surface area contributed by atoms with Gasteiger partial charge in [0.05, 0.1) is 11.4 Å². The maximum absolute atomic E-state index is 13.4. The van der Waals surface area contributed by atoms with Crippen LogP contribution in [0.25, 0.3) is 16.9 Å². The van der Waals surface area contributed by atoms with E-state index in [1.165, 1.54) is 17.7 Å². The summed E-state index contributed by atoms with van der Waals surface area (Å²) in [6.45, 7) is 8.07. The molecule has 6 heteroatoms. The molecule has 1 aromatic heterocycles. The molecule has 1 aliphatic rings. The lowest BCUT2D eigenvalue weighted by atomic mass is 9.96. The summed E-state index contributed by atoms with van der Waals surface area (Å²) < 4.78 is 15.3. The number of halogens is 1. The van der Waals surface area contributed by atoms with Crippen molar-refractivity contribution in [3.8, 4) is 16.9 Å². The molecule has 2 aromatic carbocycles. The molecule has 0 radical (unpaired) electrons. The Bertz CT molecular complexity index is 938. The zero-order valence-corrected chi connectivity index (χ0v) is 17.1. The minimum atomic E-state index is -0.240. The minimum absolute atomic E-state index is 0.240. The third-order valence-corrected chi connectivity index (χ3v) is 5.72. The lowest BCUT2D eigenvalue weighted by Crippen LogP contribution is -2.33. The number of nitrogens with one attached hydrogen (secondary N) is 3. The van der Waals surface area contributed by atoms with Crippen molar-refractivity contribution < 1.29 is 4.39 Å². The summed E-state index contributed by atoms with van der Waals surface area (Å²) in [5.41, 5.74) is 11.7. The van der Waals surface area contributed by atoms with E-state index in [9.17, 15) is 4.39 Å². The second-order valence-electron chi connectivity index (χ2n) is 7.95. The van der Waals surface area contributed by atoms with Gasteiger partial charge in [-0.25, -0.2) is 9.07 Å². The lowest BCUT2D eigenvalue weighted by molar-refractivity contribution is 0.412. The van der Waals surface area contributed by atoms with Crippen LogP contribution in [0.15, 0.2) is 54.7 Å². The maximum atomic E-state index is 13.4. The maximum Gasteiger partial charge on any atom is 0.123 e. The molecule has 2 atom stereocenters. The fourth-order valence-corrected chi connectivity index (χ4v) is 3.86. The second-order valence-corrected chi connectivity index (χ2v) is 7.95. The molecule has 152 valence electrons. The summed E-state index contributed by atoms with van der Waals surface area (Å²) in [7, 11) is 0. The van der Waals surface area contributed by atoms with Crippen molar-refractivity contribution in [2.45, 2.75) is 39.4 Å². The normalized spacial score (nSPS) is 21.6. The summed E-state index contributed by atoms with van der Waals surface area (Å²) in [6, 6.07) is 15.7. The molecule has 1 aliphatic heterocycles. The number of aromatic nitrogens is 2. The number of nitrogens with zero attached hydrogens (tertiary/aromatic N) is 2. The number of hydrazine groups is 1. The van der Waals surface area contributed by atoms with Crippen LogP contribution in [0.2, 0.25) is 0 Å². The molecule has 2 heterocycles. The molecule has 29 heavy (non-hydrogen) atoms. The first-order valence-corrected chi connectivity index (χ1v) is 10.1. The first-order chi connectivity index (χ1) is 14.0. The lowest BCUT2D eigenvalue weighted by Gasteiger charge is -2.18. The van der Waals surface area contributed by atoms with Gasteiger partial charge >= 0.3 is 0 Å². The molecule has 1 saturated heterocycles. The van der Waals surface area contributed by atoms with E-state index in [4.69, 9.17) is 5.10 Å². The molecule has 4 rings (SSSR count). The van der Waals surface area contributed by atoms with Crippen molar-refractivity contribution >= 4 is 0 Å². The standard InChI is InChI=1S/C23H28FN5/c1-15-4-10-21(11-5-15)29-14-19(12-25-13-22-16(2)26-27-17(22)3)23(28-29)18-6-8-20(24)9-7-18/h4-11,14,16-17,22,25-27H,12-13H2,1-3H3. The van der Waals surface area contributed by atoms with Crippen molar-refractivity contribution in [1.29, 1.82) is 0 Å². The summed E-state index contributed by atoms with van der Waals surface area (Å²) >= 11 is 0. The zero-order valence-electron chi connectivity index (χ0n) is 17.1. The van der Waals surface area contributed by atoms with E-state index >= 15 is 0 Å². The highest BCUT2D eigenvalue weighted by Gasteiger charge is 2.29. The largest absolute Gasteiger partial charge is 0.312 e. The molecule has 0 saturated carbocycles. The third-order valence-electron chi connectivity index (χ3n) is 5.72. The second kappa shape index (κ2) is 8.45. The Balaban J connectivity index is 1.58. The smallest absolute Gasteiger partial charge is 0.123 e. The minimum Gasteiger partial charge on any atom is -0.312 e. The van der Waals surface area contributed by atoms with E-state index in [0.29, 0.717) is 24.5 Å². The fourth-order valence-electron chi connectivity index (χ4n) is 3.86. The van der Waals surface area contributed by atoms with Crippen LogP contribution in [-0.4, -0.2) is 28.4 Å². The Morgan fingerprint density at radius 2 is 1.66 bits per heavy atom. The number of rotatable bonds is 6. The Morgan fingerprint density at radius 1 is 1.00 bits per heavy atom. The van der Waals surface area contributed by atoms with E-state index in [1.807, 2.05) is 4.68 Å². The first kappa shape index (κ1) is 19.8. The van der Waals surface area contributed by atoms with Gasteiger partial charge in [-0.3, -0.25) is 10.9 Å². The van der Waals surface area contributed by atoms with Crippen molar-refractivity contribution in [2.75, 3.05) is 6.54 Å². The molecule has 0 amide bonds. The van der Waals surface area contributed by atoms with Gasteiger partial charge in [-0.1, -0.05) is 17.7 Å². The molecular formula is C23H28FN5. The zero-order chi connectivity index (χ0) is 20.4. The van der Waals surface area contributed by atoms with Crippen LogP contribution in [0.1, 0.15) is 25.0 Å².